The average molecular weight is 206 g/mol. The van der Waals surface area contributed by atoms with E-state index in [0.717, 1.165) is 13.0 Å². The summed E-state index contributed by atoms with van der Waals surface area (Å²) in [6.45, 7) is 1.61. The van der Waals surface area contributed by atoms with Gasteiger partial charge in [-0.25, -0.2) is 5.48 Å². The molecule has 1 aromatic carbocycles. The van der Waals surface area contributed by atoms with Crippen molar-refractivity contribution in [3.63, 3.8) is 0 Å². The van der Waals surface area contributed by atoms with Gasteiger partial charge in [-0.05, 0) is 18.1 Å². The van der Waals surface area contributed by atoms with Crippen LogP contribution < -0.4 is 10.4 Å². The van der Waals surface area contributed by atoms with Crippen molar-refractivity contribution in [1.82, 2.24) is 5.48 Å². The maximum atomic E-state index is 10.9. The molecule has 1 aliphatic heterocycles. The lowest BCUT2D eigenvalue weighted by atomic mass is 10.2. The summed E-state index contributed by atoms with van der Waals surface area (Å²) in [5.74, 6) is -0.334. The summed E-state index contributed by atoms with van der Waals surface area (Å²) in [4.78, 5) is 13.1. The molecule has 0 bridgehead atoms. The molecule has 0 radical (unpaired) electrons. The molecule has 1 aliphatic rings. The number of carbonyl (C=O) groups excluding carboxylic acids is 1. The number of nitrogens with zero attached hydrogens (tertiary/aromatic N) is 1. The Hall–Kier alpha value is -1.55. The molecule has 1 aromatic rings. The molecule has 4 heteroatoms. The van der Waals surface area contributed by atoms with Gasteiger partial charge in [0.1, 0.15) is 0 Å². The molecule has 80 valence electrons. The summed E-state index contributed by atoms with van der Waals surface area (Å²) >= 11 is 0. The maximum absolute atomic E-state index is 10.9. The number of carbonyl (C=O) groups is 1. The number of hydroxylamine groups is 1. The van der Waals surface area contributed by atoms with Gasteiger partial charge in [0.15, 0.2) is 0 Å². The topological polar surface area (TPSA) is 52.6 Å². The van der Waals surface area contributed by atoms with Gasteiger partial charge in [0.05, 0.1) is 0 Å². The number of hydrogen-bond donors (Lipinski definition) is 2. The Kier molecular flexibility index (Phi) is 2.87. The van der Waals surface area contributed by atoms with Gasteiger partial charge in [-0.15, -0.1) is 0 Å². The van der Waals surface area contributed by atoms with Gasteiger partial charge in [-0.3, -0.25) is 10.0 Å². The van der Waals surface area contributed by atoms with Crippen molar-refractivity contribution < 1.29 is 10.0 Å². The van der Waals surface area contributed by atoms with Crippen LogP contribution in [0.5, 0.6) is 0 Å². The Morgan fingerprint density at radius 3 is 3.07 bits per heavy atom. The number of hydrogen-bond acceptors (Lipinski definition) is 3. The lowest BCUT2D eigenvalue weighted by molar-refractivity contribution is -0.128. The predicted octanol–water partition coefficient (Wildman–Crippen LogP) is 0.945. The Bertz CT molecular complexity index is 365. The molecule has 4 nitrogen and oxygen atoms in total. The van der Waals surface area contributed by atoms with Gasteiger partial charge < -0.3 is 4.90 Å². The van der Waals surface area contributed by atoms with Crippen LogP contribution >= 0.6 is 0 Å². The van der Waals surface area contributed by atoms with Gasteiger partial charge >= 0.3 is 0 Å². The highest BCUT2D eigenvalue weighted by atomic mass is 16.5. The van der Waals surface area contributed by atoms with E-state index in [4.69, 9.17) is 5.21 Å². The lowest BCUT2D eigenvalue weighted by Gasteiger charge is -2.18. The van der Waals surface area contributed by atoms with Crippen LogP contribution in [0.1, 0.15) is 12.0 Å². The largest absolute Gasteiger partial charge is 0.370 e. The molecule has 0 spiro atoms. The molecule has 0 aromatic heterocycles. The molecule has 0 saturated carbocycles. The number of nitrogens with one attached hydrogen (secondary N) is 1. The summed E-state index contributed by atoms with van der Waals surface area (Å²) in [7, 11) is 0. The van der Waals surface area contributed by atoms with Crippen molar-refractivity contribution in [2.75, 3.05) is 18.0 Å². The molecule has 1 heterocycles. The summed E-state index contributed by atoms with van der Waals surface area (Å²) in [5.41, 5.74) is 4.19. The summed E-state index contributed by atoms with van der Waals surface area (Å²) in [6.07, 6.45) is 1.36. The predicted molar refractivity (Wildman–Crippen MR) is 56.9 cm³/mol. The first-order chi connectivity index (χ1) is 7.31. The summed E-state index contributed by atoms with van der Waals surface area (Å²) in [6, 6.07) is 8.21. The van der Waals surface area contributed by atoms with Crippen LogP contribution in [-0.4, -0.2) is 24.2 Å². The zero-order valence-corrected chi connectivity index (χ0v) is 8.44. The maximum Gasteiger partial charge on any atom is 0.245 e. The minimum atomic E-state index is -0.334. The molecule has 15 heavy (non-hydrogen) atoms. The van der Waals surface area contributed by atoms with Crippen molar-refractivity contribution in [2.24, 2.45) is 0 Å². The van der Waals surface area contributed by atoms with E-state index >= 15 is 0 Å². The van der Waals surface area contributed by atoms with Crippen molar-refractivity contribution >= 4 is 11.6 Å². The number of anilines is 1. The van der Waals surface area contributed by atoms with Crippen LogP contribution in [-0.2, 0) is 11.2 Å². The van der Waals surface area contributed by atoms with E-state index < -0.39 is 0 Å². The zero-order valence-electron chi connectivity index (χ0n) is 8.44. The summed E-state index contributed by atoms with van der Waals surface area (Å²) in [5, 5.41) is 8.39. The van der Waals surface area contributed by atoms with Crippen LogP contribution in [0.15, 0.2) is 24.3 Å². The monoisotopic (exact) mass is 206 g/mol. The number of fused-ring (bicyclic) bond motifs is 1. The first-order valence-electron chi connectivity index (χ1n) is 5.07. The average Bonchev–Trinajstić information content (AvgIpc) is 2.69. The molecule has 2 rings (SSSR count). The van der Waals surface area contributed by atoms with Gasteiger partial charge in [-0.1, -0.05) is 18.2 Å². The zero-order chi connectivity index (χ0) is 10.7. The van der Waals surface area contributed by atoms with E-state index in [1.54, 1.807) is 5.48 Å². The number of benzene rings is 1. The minimum Gasteiger partial charge on any atom is -0.370 e. The molecule has 0 fully saturated rings. The third kappa shape index (κ3) is 2.10. The molecule has 1 amide bonds. The molecule has 0 aliphatic carbocycles. The third-order valence-corrected chi connectivity index (χ3v) is 2.72. The van der Waals surface area contributed by atoms with E-state index in [1.165, 1.54) is 11.3 Å². The van der Waals surface area contributed by atoms with E-state index in [1.807, 2.05) is 12.1 Å². The van der Waals surface area contributed by atoms with Gasteiger partial charge in [0, 0.05) is 25.2 Å². The van der Waals surface area contributed by atoms with Crippen LogP contribution in [0.3, 0.4) is 0 Å². The lowest BCUT2D eigenvalue weighted by Crippen LogP contribution is -2.28. The Morgan fingerprint density at radius 2 is 2.27 bits per heavy atom. The fourth-order valence-corrected chi connectivity index (χ4v) is 1.93. The quantitative estimate of drug-likeness (QED) is 0.571. The number of amides is 1. The number of para-hydroxylation sites is 1. The van der Waals surface area contributed by atoms with Gasteiger partial charge in [-0.2, -0.15) is 0 Å². The first kappa shape index (κ1) is 9.98. The third-order valence-electron chi connectivity index (χ3n) is 2.72. The Labute approximate surface area is 88.5 Å². The Balaban J connectivity index is 1.99. The van der Waals surface area contributed by atoms with Gasteiger partial charge in [0.25, 0.3) is 0 Å². The van der Waals surface area contributed by atoms with Crippen LogP contribution in [0.25, 0.3) is 0 Å². The van der Waals surface area contributed by atoms with E-state index in [9.17, 15) is 4.79 Å². The van der Waals surface area contributed by atoms with Crippen LogP contribution in [0.4, 0.5) is 5.69 Å². The van der Waals surface area contributed by atoms with Gasteiger partial charge in [0.2, 0.25) is 5.91 Å². The standard InChI is InChI=1S/C11H14N2O2/c14-11(12-15)6-8-13-7-5-9-3-1-2-4-10(9)13/h1-4,15H,5-8H2,(H,12,14). The fraction of sp³-hybridized carbons (Fsp3) is 0.364. The van der Waals surface area contributed by atoms with Crippen molar-refractivity contribution in [1.29, 1.82) is 0 Å². The smallest absolute Gasteiger partial charge is 0.245 e. The molecule has 0 atom stereocenters. The second-order valence-electron chi connectivity index (χ2n) is 3.65. The molecule has 0 unspecified atom stereocenters. The van der Waals surface area contributed by atoms with E-state index in [-0.39, 0.29) is 5.91 Å². The van der Waals surface area contributed by atoms with Crippen LogP contribution in [0, 0.1) is 0 Å². The summed E-state index contributed by atoms with van der Waals surface area (Å²) < 4.78 is 0. The van der Waals surface area contributed by atoms with E-state index in [2.05, 4.69) is 17.0 Å². The van der Waals surface area contributed by atoms with E-state index in [0.29, 0.717) is 13.0 Å². The second kappa shape index (κ2) is 4.31. The Morgan fingerprint density at radius 1 is 1.47 bits per heavy atom. The second-order valence-corrected chi connectivity index (χ2v) is 3.65. The highest BCUT2D eigenvalue weighted by Crippen LogP contribution is 2.27. The normalized spacial score (nSPS) is 13.8. The van der Waals surface area contributed by atoms with Crippen LogP contribution in [0.2, 0.25) is 0 Å². The minimum absolute atomic E-state index is 0.324. The highest BCUT2D eigenvalue weighted by molar-refractivity contribution is 5.75. The van der Waals surface area contributed by atoms with Crippen molar-refractivity contribution in [3.05, 3.63) is 29.8 Å². The number of rotatable bonds is 3. The molecule has 0 saturated heterocycles. The fourth-order valence-electron chi connectivity index (χ4n) is 1.93. The SMILES string of the molecule is O=C(CCN1CCc2ccccc21)NO. The molecular weight excluding hydrogens is 192 g/mol. The van der Waals surface area contributed by atoms with Crippen molar-refractivity contribution in [3.8, 4) is 0 Å². The molecule has 2 N–H and O–H groups in total. The first-order valence-corrected chi connectivity index (χ1v) is 5.07. The van der Waals surface area contributed by atoms with Crippen molar-refractivity contribution in [2.45, 2.75) is 12.8 Å². The molecular formula is C11H14N2O2. The highest BCUT2D eigenvalue weighted by Gasteiger charge is 2.18.